The van der Waals surface area contributed by atoms with Crippen molar-refractivity contribution in [2.45, 2.75) is 13.0 Å². The second-order valence-corrected chi connectivity index (χ2v) is 4.27. The molecular formula is C13H15N3O3. The quantitative estimate of drug-likeness (QED) is 0.727. The molecule has 1 aliphatic heterocycles. The number of carbonyl (C=O) groups is 1. The minimum absolute atomic E-state index is 0.345. The number of ether oxygens (including phenoxy) is 2. The first-order chi connectivity index (χ1) is 9.17. The lowest BCUT2D eigenvalue weighted by Crippen LogP contribution is -2.47. The number of anilines is 1. The third-order valence-electron chi connectivity index (χ3n) is 3.08. The zero-order chi connectivity index (χ0) is 13.8. The van der Waals surface area contributed by atoms with Crippen LogP contribution in [-0.2, 0) is 14.3 Å². The number of methoxy groups -OCH3 is 1. The largest absolute Gasteiger partial charge is 0.467 e. The van der Waals surface area contributed by atoms with E-state index < -0.39 is 12.1 Å². The molecule has 1 aromatic heterocycles. The second-order valence-electron chi connectivity index (χ2n) is 4.27. The summed E-state index contributed by atoms with van der Waals surface area (Å²) in [6.07, 6.45) is 1.03. The molecule has 1 aliphatic rings. The van der Waals surface area contributed by atoms with Crippen LogP contribution >= 0.6 is 0 Å². The Hall–Kier alpha value is -2.13. The fourth-order valence-electron chi connectivity index (χ4n) is 2.04. The van der Waals surface area contributed by atoms with Crippen molar-refractivity contribution in [2.75, 3.05) is 31.7 Å². The van der Waals surface area contributed by atoms with E-state index in [0.29, 0.717) is 31.1 Å². The summed E-state index contributed by atoms with van der Waals surface area (Å²) < 4.78 is 10.0. The highest BCUT2D eigenvalue weighted by molar-refractivity contribution is 5.76. The number of aromatic nitrogens is 1. The topological polar surface area (TPSA) is 75.5 Å². The van der Waals surface area contributed by atoms with Crippen LogP contribution in [0.2, 0.25) is 0 Å². The number of morpholine rings is 1. The van der Waals surface area contributed by atoms with Crippen molar-refractivity contribution in [3.05, 3.63) is 23.4 Å². The molecule has 0 N–H and O–H groups in total. The van der Waals surface area contributed by atoms with Crippen LogP contribution in [0.1, 0.15) is 11.1 Å². The van der Waals surface area contributed by atoms with Crippen LogP contribution in [0.15, 0.2) is 12.3 Å². The van der Waals surface area contributed by atoms with E-state index in [9.17, 15) is 10.1 Å². The number of aryl methyl sites for hydroxylation is 1. The van der Waals surface area contributed by atoms with Crippen LogP contribution in [0.4, 0.5) is 5.82 Å². The third kappa shape index (κ3) is 2.66. The standard InChI is InChI=1S/C13H15N3O3/c1-9-3-4-15-12(10(9)7-14)16-5-6-19-11(8-16)13(17)18-2/h3-4,11H,5-6,8H2,1-2H3. The molecule has 1 unspecified atom stereocenters. The molecular weight excluding hydrogens is 246 g/mol. The van der Waals surface area contributed by atoms with E-state index in [-0.39, 0.29) is 0 Å². The number of esters is 1. The van der Waals surface area contributed by atoms with E-state index in [1.54, 1.807) is 12.3 Å². The van der Waals surface area contributed by atoms with Gasteiger partial charge in [0.15, 0.2) is 6.10 Å². The predicted octanol–water partition coefficient (Wildman–Crippen LogP) is 0.640. The lowest BCUT2D eigenvalue weighted by atomic mass is 10.1. The van der Waals surface area contributed by atoms with Gasteiger partial charge in [-0.05, 0) is 18.6 Å². The molecule has 1 fully saturated rings. The van der Waals surface area contributed by atoms with Gasteiger partial charge in [-0.3, -0.25) is 0 Å². The summed E-state index contributed by atoms with van der Waals surface area (Å²) >= 11 is 0. The summed E-state index contributed by atoms with van der Waals surface area (Å²) in [7, 11) is 1.33. The normalized spacial score (nSPS) is 18.8. The Morgan fingerprint density at radius 3 is 3.16 bits per heavy atom. The van der Waals surface area contributed by atoms with Crippen LogP contribution < -0.4 is 4.90 Å². The Balaban J connectivity index is 2.25. The van der Waals surface area contributed by atoms with E-state index in [1.165, 1.54) is 7.11 Å². The fraction of sp³-hybridized carbons (Fsp3) is 0.462. The molecule has 0 radical (unpaired) electrons. The van der Waals surface area contributed by atoms with Gasteiger partial charge in [-0.15, -0.1) is 0 Å². The smallest absolute Gasteiger partial charge is 0.336 e. The lowest BCUT2D eigenvalue weighted by molar-refractivity contribution is -0.154. The van der Waals surface area contributed by atoms with Crippen LogP contribution in [0.25, 0.3) is 0 Å². The van der Waals surface area contributed by atoms with Crippen molar-refractivity contribution >= 4 is 11.8 Å². The first kappa shape index (κ1) is 13.3. The molecule has 0 bridgehead atoms. The maximum Gasteiger partial charge on any atom is 0.336 e. The first-order valence-corrected chi connectivity index (χ1v) is 5.97. The van der Waals surface area contributed by atoms with E-state index >= 15 is 0 Å². The van der Waals surface area contributed by atoms with E-state index in [4.69, 9.17) is 4.74 Å². The van der Waals surface area contributed by atoms with Gasteiger partial charge in [-0.1, -0.05) is 0 Å². The fourth-order valence-corrected chi connectivity index (χ4v) is 2.04. The molecule has 0 spiro atoms. The van der Waals surface area contributed by atoms with Crippen molar-refractivity contribution in [1.82, 2.24) is 4.98 Å². The monoisotopic (exact) mass is 261 g/mol. The molecule has 1 atom stereocenters. The van der Waals surface area contributed by atoms with Crippen LogP contribution in [0, 0.1) is 18.3 Å². The molecule has 0 aliphatic carbocycles. The Labute approximate surface area is 111 Å². The number of rotatable bonds is 2. The van der Waals surface area contributed by atoms with Crippen molar-refractivity contribution in [3.8, 4) is 6.07 Å². The zero-order valence-electron chi connectivity index (χ0n) is 10.9. The highest BCUT2D eigenvalue weighted by Crippen LogP contribution is 2.22. The van der Waals surface area contributed by atoms with Crippen molar-refractivity contribution in [1.29, 1.82) is 5.26 Å². The predicted molar refractivity (Wildman–Crippen MR) is 67.7 cm³/mol. The molecule has 0 saturated carbocycles. The minimum Gasteiger partial charge on any atom is -0.467 e. The molecule has 0 aromatic carbocycles. The third-order valence-corrected chi connectivity index (χ3v) is 3.08. The number of carbonyl (C=O) groups excluding carboxylic acids is 1. The van der Waals surface area contributed by atoms with Gasteiger partial charge in [0.05, 0.1) is 25.8 Å². The molecule has 1 saturated heterocycles. The number of pyridine rings is 1. The van der Waals surface area contributed by atoms with E-state index in [0.717, 1.165) is 5.56 Å². The van der Waals surface area contributed by atoms with Crippen LogP contribution in [0.3, 0.4) is 0 Å². The minimum atomic E-state index is -0.632. The van der Waals surface area contributed by atoms with E-state index in [1.807, 2.05) is 11.8 Å². The highest BCUT2D eigenvalue weighted by Gasteiger charge is 2.29. The van der Waals surface area contributed by atoms with Gasteiger partial charge in [0.2, 0.25) is 0 Å². The summed E-state index contributed by atoms with van der Waals surface area (Å²) in [6.45, 7) is 3.21. The summed E-state index contributed by atoms with van der Waals surface area (Å²) in [5.74, 6) is 0.190. The molecule has 19 heavy (non-hydrogen) atoms. The number of nitrogens with zero attached hydrogens (tertiary/aromatic N) is 3. The van der Waals surface area contributed by atoms with Crippen LogP contribution in [-0.4, -0.2) is 43.9 Å². The number of hydrogen-bond donors (Lipinski definition) is 0. The average Bonchev–Trinajstić information content (AvgIpc) is 2.46. The summed E-state index contributed by atoms with van der Waals surface area (Å²) in [6, 6.07) is 3.95. The SMILES string of the molecule is COC(=O)C1CN(c2nccc(C)c2C#N)CCO1. The van der Waals surface area contributed by atoms with Gasteiger partial charge in [-0.2, -0.15) is 5.26 Å². The zero-order valence-corrected chi connectivity index (χ0v) is 10.9. The van der Waals surface area contributed by atoms with Gasteiger partial charge in [0, 0.05) is 12.7 Å². The molecule has 0 amide bonds. The molecule has 6 heteroatoms. The summed E-state index contributed by atoms with van der Waals surface area (Å²) in [5, 5.41) is 9.21. The molecule has 6 nitrogen and oxygen atoms in total. The molecule has 2 heterocycles. The summed E-state index contributed by atoms with van der Waals surface area (Å²) in [5.41, 5.74) is 1.40. The Kier molecular flexibility index (Phi) is 3.97. The molecule has 100 valence electrons. The molecule has 2 rings (SSSR count). The van der Waals surface area contributed by atoms with Gasteiger partial charge >= 0.3 is 5.97 Å². The number of nitriles is 1. The Morgan fingerprint density at radius 1 is 1.68 bits per heavy atom. The number of hydrogen-bond acceptors (Lipinski definition) is 6. The van der Waals surface area contributed by atoms with Crippen LogP contribution in [0.5, 0.6) is 0 Å². The van der Waals surface area contributed by atoms with Crippen molar-refractivity contribution < 1.29 is 14.3 Å². The highest BCUT2D eigenvalue weighted by atomic mass is 16.6. The van der Waals surface area contributed by atoms with Crippen molar-refractivity contribution in [3.63, 3.8) is 0 Å². The Morgan fingerprint density at radius 2 is 2.47 bits per heavy atom. The van der Waals surface area contributed by atoms with E-state index in [2.05, 4.69) is 15.8 Å². The summed E-state index contributed by atoms with van der Waals surface area (Å²) in [4.78, 5) is 17.6. The van der Waals surface area contributed by atoms with Gasteiger partial charge in [-0.25, -0.2) is 9.78 Å². The maximum absolute atomic E-state index is 11.5. The first-order valence-electron chi connectivity index (χ1n) is 5.97. The van der Waals surface area contributed by atoms with Gasteiger partial charge < -0.3 is 14.4 Å². The van der Waals surface area contributed by atoms with Gasteiger partial charge in [0.1, 0.15) is 11.9 Å². The van der Waals surface area contributed by atoms with Crippen molar-refractivity contribution in [2.24, 2.45) is 0 Å². The lowest BCUT2D eigenvalue weighted by Gasteiger charge is -2.32. The average molecular weight is 261 g/mol. The maximum atomic E-state index is 11.5. The second kappa shape index (κ2) is 5.67. The Bertz CT molecular complexity index is 524. The molecule has 1 aromatic rings. The van der Waals surface area contributed by atoms with Gasteiger partial charge in [0.25, 0.3) is 0 Å².